The molecule has 2 fully saturated rings. The molecule has 1 aromatic carbocycles. The van der Waals surface area contributed by atoms with E-state index in [2.05, 4.69) is 44.3 Å². The summed E-state index contributed by atoms with van der Waals surface area (Å²) >= 11 is 0. The van der Waals surface area contributed by atoms with Crippen molar-refractivity contribution in [2.45, 2.75) is 53.0 Å². The maximum atomic E-state index is 5.61. The molecule has 2 bridgehead atoms. The molecule has 0 aromatic heterocycles. The molecule has 0 amide bonds. The summed E-state index contributed by atoms with van der Waals surface area (Å²) < 4.78 is 5.61. The van der Waals surface area contributed by atoms with Crippen LogP contribution in [-0.4, -0.2) is 12.6 Å². The Morgan fingerprint density at radius 2 is 2.10 bits per heavy atom. The first kappa shape index (κ1) is 13.8. The predicted molar refractivity (Wildman–Crippen MR) is 84.3 cm³/mol. The Bertz CT molecular complexity index is 491. The molecule has 0 spiro atoms. The van der Waals surface area contributed by atoms with Gasteiger partial charge in [0.25, 0.3) is 0 Å². The average Bonchev–Trinajstić information content (AvgIpc) is 2.87. The topological polar surface area (TPSA) is 21.3 Å². The first-order valence-corrected chi connectivity index (χ1v) is 7.95. The van der Waals surface area contributed by atoms with Crippen molar-refractivity contribution in [1.82, 2.24) is 0 Å². The Labute approximate surface area is 122 Å². The first-order chi connectivity index (χ1) is 9.45. The minimum atomic E-state index is 0.384. The van der Waals surface area contributed by atoms with E-state index in [9.17, 15) is 0 Å². The highest BCUT2D eigenvalue weighted by Crippen LogP contribution is 2.63. The lowest BCUT2D eigenvalue weighted by Crippen LogP contribution is -2.45. The average molecular weight is 273 g/mol. The lowest BCUT2D eigenvalue weighted by molar-refractivity contribution is 0.155. The van der Waals surface area contributed by atoms with Gasteiger partial charge >= 0.3 is 0 Å². The van der Waals surface area contributed by atoms with E-state index in [0.29, 0.717) is 16.9 Å². The van der Waals surface area contributed by atoms with Gasteiger partial charge in [0, 0.05) is 17.8 Å². The molecule has 2 heteroatoms. The van der Waals surface area contributed by atoms with Gasteiger partial charge in [-0.05, 0) is 55.1 Å². The van der Waals surface area contributed by atoms with Crippen LogP contribution in [0, 0.1) is 16.7 Å². The molecule has 2 nitrogen and oxygen atoms in total. The number of rotatable bonds is 4. The SMILES string of the molecule is CCOc1cccc(NC2C(C)(C)[C@H]3CC[C@]2(C)C3)c1. The van der Waals surface area contributed by atoms with Gasteiger partial charge in [0.2, 0.25) is 0 Å². The van der Waals surface area contributed by atoms with Gasteiger partial charge in [-0.15, -0.1) is 0 Å². The van der Waals surface area contributed by atoms with Crippen molar-refractivity contribution in [1.29, 1.82) is 0 Å². The maximum Gasteiger partial charge on any atom is 0.121 e. The van der Waals surface area contributed by atoms with Gasteiger partial charge in [-0.1, -0.05) is 26.8 Å². The van der Waals surface area contributed by atoms with Crippen LogP contribution in [0.4, 0.5) is 5.69 Å². The van der Waals surface area contributed by atoms with E-state index in [1.165, 1.54) is 24.9 Å². The van der Waals surface area contributed by atoms with Crippen molar-refractivity contribution in [3.8, 4) is 5.75 Å². The van der Waals surface area contributed by atoms with Gasteiger partial charge in [-0.2, -0.15) is 0 Å². The Kier molecular flexibility index (Phi) is 3.23. The fraction of sp³-hybridized carbons (Fsp3) is 0.667. The molecule has 0 radical (unpaired) electrons. The third-order valence-corrected chi connectivity index (χ3v) is 5.73. The molecule has 110 valence electrons. The molecule has 1 aromatic rings. The van der Waals surface area contributed by atoms with Crippen LogP contribution in [0.3, 0.4) is 0 Å². The van der Waals surface area contributed by atoms with Gasteiger partial charge in [0.05, 0.1) is 6.61 Å². The van der Waals surface area contributed by atoms with E-state index in [1.54, 1.807) is 0 Å². The van der Waals surface area contributed by atoms with Crippen molar-refractivity contribution in [3.05, 3.63) is 24.3 Å². The third kappa shape index (κ3) is 2.10. The molecule has 3 rings (SSSR count). The number of hydrogen-bond donors (Lipinski definition) is 1. The minimum Gasteiger partial charge on any atom is -0.494 e. The molecular weight excluding hydrogens is 246 g/mol. The summed E-state index contributed by atoms with van der Waals surface area (Å²) in [7, 11) is 0. The zero-order valence-corrected chi connectivity index (χ0v) is 13.2. The van der Waals surface area contributed by atoms with Crippen LogP contribution in [0.15, 0.2) is 24.3 Å². The third-order valence-electron chi connectivity index (χ3n) is 5.73. The highest BCUT2D eigenvalue weighted by atomic mass is 16.5. The number of benzene rings is 1. The summed E-state index contributed by atoms with van der Waals surface area (Å²) in [6.07, 6.45) is 4.15. The van der Waals surface area contributed by atoms with Crippen LogP contribution >= 0.6 is 0 Å². The number of fused-ring (bicyclic) bond motifs is 2. The summed E-state index contributed by atoms with van der Waals surface area (Å²) in [6.45, 7) is 10.1. The minimum absolute atomic E-state index is 0.384. The van der Waals surface area contributed by atoms with Crippen molar-refractivity contribution < 1.29 is 4.74 Å². The smallest absolute Gasteiger partial charge is 0.121 e. The van der Waals surface area contributed by atoms with Crippen molar-refractivity contribution in [2.75, 3.05) is 11.9 Å². The Morgan fingerprint density at radius 3 is 2.75 bits per heavy atom. The molecule has 2 aliphatic rings. The van der Waals surface area contributed by atoms with E-state index in [1.807, 2.05) is 13.0 Å². The molecule has 1 N–H and O–H groups in total. The van der Waals surface area contributed by atoms with Crippen LogP contribution in [0.1, 0.15) is 47.0 Å². The normalized spacial score (nSPS) is 34.2. The zero-order valence-electron chi connectivity index (χ0n) is 13.2. The van der Waals surface area contributed by atoms with E-state index in [0.717, 1.165) is 18.3 Å². The first-order valence-electron chi connectivity index (χ1n) is 7.95. The molecule has 0 heterocycles. The summed E-state index contributed by atoms with van der Waals surface area (Å²) in [6, 6.07) is 8.96. The standard InChI is InChI=1S/C18H27NO/c1-5-20-15-8-6-7-14(11-15)19-16-17(2,3)13-9-10-18(16,4)12-13/h6-8,11,13,16,19H,5,9-10,12H2,1-4H3/t13-,16?,18+/m0/s1. The molecule has 20 heavy (non-hydrogen) atoms. The number of ether oxygens (including phenoxy) is 1. The van der Waals surface area contributed by atoms with Gasteiger partial charge in [-0.25, -0.2) is 0 Å². The van der Waals surface area contributed by atoms with Crippen molar-refractivity contribution in [3.63, 3.8) is 0 Å². The maximum absolute atomic E-state index is 5.61. The molecule has 1 unspecified atom stereocenters. The number of hydrogen-bond acceptors (Lipinski definition) is 2. The van der Waals surface area contributed by atoms with Gasteiger partial charge in [0.15, 0.2) is 0 Å². The number of anilines is 1. The summed E-state index contributed by atoms with van der Waals surface area (Å²) in [4.78, 5) is 0. The van der Waals surface area contributed by atoms with Crippen LogP contribution in [-0.2, 0) is 0 Å². The summed E-state index contributed by atoms with van der Waals surface area (Å²) in [5.74, 6) is 1.84. The van der Waals surface area contributed by atoms with Crippen LogP contribution in [0.25, 0.3) is 0 Å². The van der Waals surface area contributed by atoms with E-state index < -0.39 is 0 Å². The fourth-order valence-electron chi connectivity index (χ4n) is 4.67. The highest BCUT2D eigenvalue weighted by Gasteiger charge is 2.59. The van der Waals surface area contributed by atoms with Crippen LogP contribution < -0.4 is 10.1 Å². The monoisotopic (exact) mass is 273 g/mol. The van der Waals surface area contributed by atoms with Crippen molar-refractivity contribution >= 4 is 5.69 Å². The quantitative estimate of drug-likeness (QED) is 0.857. The van der Waals surface area contributed by atoms with E-state index >= 15 is 0 Å². The lowest BCUT2D eigenvalue weighted by Gasteiger charge is -2.43. The molecule has 0 saturated heterocycles. The Hall–Kier alpha value is -1.18. The molecule has 0 aliphatic heterocycles. The number of nitrogens with one attached hydrogen (secondary N) is 1. The van der Waals surface area contributed by atoms with Gasteiger partial charge in [-0.3, -0.25) is 0 Å². The van der Waals surface area contributed by atoms with Gasteiger partial charge < -0.3 is 10.1 Å². The van der Waals surface area contributed by atoms with Crippen molar-refractivity contribution in [2.24, 2.45) is 16.7 Å². The molecule has 3 atom stereocenters. The zero-order chi connectivity index (χ0) is 14.4. The molecular formula is C18H27NO. The van der Waals surface area contributed by atoms with Crippen LogP contribution in [0.2, 0.25) is 0 Å². The highest BCUT2D eigenvalue weighted by molar-refractivity contribution is 5.50. The second kappa shape index (κ2) is 4.68. The molecule has 2 saturated carbocycles. The fourth-order valence-corrected chi connectivity index (χ4v) is 4.67. The lowest BCUT2D eigenvalue weighted by atomic mass is 9.68. The summed E-state index contributed by atoms with van der Waals surface area (Å²) in [5, 5.41) is 3.82. The van der Waals surface area contributed by atoms with E-state index in [-0.39, 0.29) is 0 Å². The predicted octanol–water partition coefficient (Wildman–Crippen LogP) is 4.71. The second-order valence-electron chi connectivity index (χ2n) is 7.45. The van der Waals surface area contributed by atoms with Crippen LogP contribution in [0.5, 0.6) is 5.75 Å². The molecule has 2 aliphatic carbocycles. The van der Waals surface area contributed by atoms with E-state index in [4.69, 9.17) is 4.74 Å². The second-order valence-corrected chi connectivity index (χ2v) is 7.45. The Balaban J connectivity index is 1.82. The summed E-state index contributed by atoms with van der Waals surface area (Å²) in [5.41, 5.74) is 2.03. The van der Waals surface area contributed by atoms with Gasteiger partial charge in [0.1, 0.15) is 5.75 Å². The Morgan fingerprint density at radius 1 is 1.30 bits per heavy atom. The largest absolute Gasteiger partial charge is 0.494 e.